The van der Waals surface area contributed by atoms with Crippen molar-refractivity contribution >= 4 is 17.3 Å². The Bertz CT molecular complexity index is 490. The molecule has 0 aliphatic carbocycles. The zero-order chi connectivity index (χ0) is 15.7. The van der Waals surface area contributed by atoms with Crippen molar-refractivity contribution in [3.8, 4) is 0 Å². The molecule has 0 spiro atoms. The van der Waals surface area contributed by atoms with Gasteiger partial charge in [0.2, 0.25) is 0 Å². The van der Waals surface area contributed by atoms with Crippen LogP contribution in [0, 0.1) is 0 Å². The van der Waals surface area contributed by atoms with E-state index in [1.807, 2.05) is 34.1 Å². The predicted molar refractivity (Wildman–Crippen MR) is 89.0 cm³/mol. The first-order chi connectivity index (χ1) is 10.0. The monoisotopic (exact) mass is 288 g/mol. The Morgan fingerprint density at radius 2 is 1.71 bits per heavy atom. The molecule has 4 heteroatoms. The quantitative estimate of drug-likeness (QED) is 0.439. The summed E-state index contributed by atoms with van der Waals surface area (Å²) in [6.45, 7) is 2.92. The molecule has 0 fully saturated rings. The van der Waals surface area contributed by atoms with Crippen molar-refractivity contribution in [2.75, 3.05) is 44.1 Å². The molecule has 0 aliphatic rings. The van der Waals surface area contributed by atoms with Crippen LogP contribution >= 0.6 is 0 Å². The van der Waals surface area contributed by atoms with Crippen molar-refractivity contribution in [1.82, 2.24) is 0 Å². The fourth-order valence-corrected chi connectivity index (χ4v) is 1.71. The molecule has 0 amide bonds. The molecule has 0 atom stereocenters. The third-order valence-electron chi connectivity index (χ3n) is 3.01. The van der Waals surface area contributed by atoms with E-state index in [9.17, 15) is 4.79 Å². The molecular formula is C17H24N2O2. The van der Waals surface area contributed by atoms with E-state index >= 15 is 0 Å². The van der Waals surface area contributed by atoms with E-state index in [2.05, 4.69) is 34.1 Å². The molecule has 0 radical (unpaired) electrons. The minimum Gasteiger partial charge on any atom is -0.461 e. The van der Waals surface area contributed by atoms with Crippen LogP contribution in [0.4, 0.5) is 11.4 Å². The van der Waals surface area contributed by atoms with Crippen LogP contribution in [0.1, 0.15) is 6.92 Å². The van der Waals surface area contributed by atoms with Crippen molar-refractivity contribution in [1.29, 1.82) is 0 Å². The highest BCUT2D eigenvalue weighted by Crippen LogP contribution is 2.18. The third kappa shape index (κ3) is 6.17. The average molecular weight is 288 g/mol. The minimum absolute atomic E-state index is 0.315. The van der Waals surface area contributed by atoms with E-state index in [0.717, 1.165) is 11.4 Å². The summed E-state index contributed by atoms with van der Waals surface area (Å²) in [5.41, 5.74) is 2.26. The maximum absolute atomic E-state index is 11.4. The number of carbonyl (C=O) groups excluding carboxylic acids is 1. The van der Waals surface area contributed by atoms with Gasteiger partial charge in [0.15, 0.2) is 0 Å². The van der Waals surface area contributed by atoms with E-state index in [4.69, 9.17) is 4.74 Å². The second kappa shape index (κ2) is 8.84. The molecule has 0 unspecified atom stereocenters. The standard InChI is InChI=1S/C17H24N2O2/c1-5-6-7-8-17(20)21-14-13-19(4)16-11-9-15(10-12-16)18(2)3/h5-12H,13-14H2,1-4H3/b6-5+,8-7+. The Kier molecular flexibility index (Phi) is 7.09. The maximum Gasteiger partial charge on any atom is 0.330 e. The summed E-state index contributed by atoms with van der Waals surface area (Å²) >= 11 is 0. The van der Waals surface area contributed by atoms with Crippen molar-refractivity contribution < 1.29 is 9.53 Å². The summed E-state index contributed by atoms with van der Waals surface area (Å²) in [7, 11) is 6.01. The first-order valence-corrected chi connectivity index (χ1v) is 6.99. The van der Waals surface area contributed by atoms with E-state index in [1.165, 1.54) is 6.08 Å². The van der Waals surface area contributed by atoms with Gasteiger partial charge in [0.05, 0.1) is 6.54 Å². The number of ether oxygens (including phenoxy) is 1. The van der Waals surface area contributed by atoms with Crippen molar-refractivity contribution in [2.45, 2.75) is 6.92 Å². The molecule has 1 rings (SSSR count). The zero-order valence-electron chi connectivity index (χ0n) is 13.2. The summed E-state index contributed by atoms with van der Waals surface area (Å²) in [4.78, 5) is 15.5. The zero-order valence-corrected chi connectivity index (χ0v) is 13.2. The molecule has 0 N–H and O–H groups in total. The van der Waals surface area contributed by atoms with Gasteiger partial charge in [-0.1, -0.05) is 18.2 Å². The highest BCUT2D eigenvalue weighted by atomic mass is 16.5. The lowest BCUT2D eigenvalue weighted by Gasteiger charge is -2.20. The van der Waals surface area contributed by atoms with Crippen molar-refractivity contribution in [2.24, 2.45) is 0 Å². The first kappa shape index (κ1) is 16.8. The highest BCUT2D eigenvalue weighted by molar-refractivity contribution is 5.82. The molecule has 1 aromatic rings. The molecule has 21 heavy (non-hydrogen) atoms. The Morgan fingerprint density at radius 3 is 2.29 bits per heavy atom. The van der Waals surface area contributed by atoms with Gasteiger partial charge in [-0.15, -0.1) is 0 Å². The van der Waals surface area contributed by atoms with Crippen molar-refractivity contribution in [3.05, 3.63) is 48.6 Å². The van der Waals surface area contributed by atoms with Gasteiger partial charge in [-0.2, -0.15) is 0 Å². The Hall–Kier alpha value is -2.23. The van der Waals surface area contributed by atoms with E-state index in [-0.39, 0.29) is 5.97 Å². The number of likely N-dealkylation sites (N-methyl/N-ethyl adjacent to an activating group) is 1. The number of allylic oxidation sites excluding steroid dienone is 3. The number of carbonyl (C=O) groups is 1. The van der Waals surface area contributed by atoms with Crippen LogP contribution in [0.15, 0.2) is 48.6 Å². The summed E-state index contributed by atoms with van der Waals surface area (Å²) < 4.78 is 5.13. The Labute approximate surface area is 127 Å². The molecule has 114 valence electrons. The molecule has 0 aromatic heterocycles. The summed E-state index contributed by atoms with van der Waals surface area (Å²) in [5.74, 6) is -0.315. The normalized spacial score (nSPS) is 11.0. The van der Waals surface area contributed by atoms with Gasteiger partial charge in [-0.3, -0.25) is 0 Å². The lowest BCUT2D eigenvalue weighted by molar-refractivity contribution is -0.137. The van der Waals surface area contributed by atoms with Gasteiger partial charge in [0.1, 0.15) is 6.61 Å². The van der Waals surface area contributed by atoms with E-state index < -0.39 is 0 Å². The molecule has 0 heterocycles. The predicted octanol–water partition coefficient (Wildman–Crippen LogP) is 2.86. The third-order valence-corrected chi connectivity index (χ3v) is 3.01. The van der Waals surface area contributed by atoms with Crippen LogP contribution in [0.25, 0.3) is 0 Å². The number of rotatable bonds is 7. The molecule has 4 nitrogen and oxygen atoms in total. The molecule has 0 saturated carbocycles. The van der Waals surface area contributed by atoms with Crippen LogP contribution in [-0.2, 0) is 9.53 Å². The summed E-state index contributed by atoms with van der Waals surface area (Å²) in [5, 5.41) is 0. The average Bonchev–Trinajstić information content (AvgIpc) is 2.47. The second-order valence-electron chi connectivity index (χ2n) is 4.88. The Morgan fingerprint density at radius 1 is 1.10 bits per heavy atom. The number of hydrogen-bond acceptors (Lipinski definition) is 4. The molecule has 0 bridgehead atoms. The fourth-order valence-electron chi connectivity index (χ4n) is 1.71. The Balaban J connectivity index is 2.39. The SMILES string of the molecule is C/C=C/C=C/C(=O)OCCN(C)c1ccc(N(C)C)cc1. The van der Waals surface area contributed by atoms with Gasteiger partial charge in [0, 0.05) is 38.6 Å². The second-order valence-corrected chi connectivity index (χ2v) is 4.88. The molecule has 1 aromatic carbocycles. The van der Waals surface area contributed by atoms with Gasteiger partial charge in [0.25, 0.3) is 0 Å². The first-order valence-electron chi connectivity index (χ1n) is 6.99. The van der Waals surface area contributed by atoms with Gasteiger partial charge < -0.3 is 14.5 Å². The summed E-state index contributed by atoms with van der Waals surface area (Å²) in [6, 6.07) is 8.25. The van der Waals surface area contributed by atoms with Crippen LogP contribution < -0.4 is 9.80 Å². The maximum atomic E-state index is 11.4. The largest absolute Gasteiger partial charge is 0.461 e. The smallest absolute Gasteiger partial charge is 0.330 e. The van der Waals surface area contributed by atoms with Gasteiger partial charge >= 0.3 is 5.97 Å². The number of benzene rings is 1. The van der Waals surface area contributed by atoms with Crippen LogP contribution in [0.3, 0.4) is 0 Å². The molecule has 0 aliphatic heterocycles. The number of nitrogens with zero attached hydrogens (tertiary/aromatic N) is 2. The van der Waals surface area contributed by atoms with E-state index in [1.54, 1.807) is 12.2 Å². The summed E-state index contributed by atoms with van der Waals surface area (Å²) in [6.07, 6.45) is 6.74. The van der Waals surface area contributed by atoms with Gasteiger partial charge in [-0.05, 0) is 31.2 Å². The van der Waals surface area contributed by atoms with Crippen LogP contribution in [0.2, 0.25) is 0 Å². The topological polar surface area (TPSA) is 32.8 Å². The number of esters is 1. The fraction of sp³-hybridized carbons (Fsp3) is 0.353. The van der Waals surface area contributed by atoms with Crippen LogP contribution in [-0.4, -0.2) is 40.3 Å². The molecule has 0 saturated heterocycles. The van der Waals surface area contributed by atoms with Crippen molar-refractivity contribution in [3.63, 3.8) is 0 Å². The number of anilines is 2. The molecular weight excluding hydrogens is 264 g/mol. The minimum atomic E-state index is -0.315. The number of hydrogen-bond donors (Lipinski definition) is 0. The lowest BCUT2D eigenvalue weighted by Crippen LogP contribution is -2.23. The van der Waals surface area contributed by atoms with Gasteiger partial charge in [-0.25, -0.2) is 4.79 Å². The van der Waals surface area contributed by atoms with Crippen LogP contribution in [0.5, 0.6) is 0 Å². The van der Waals surface area contributed by atoms with E-state index in [0.29, 0.717) is 13.2 Å². The lowest BCUT2D eigenvalue weighted by atomic mass is 10.2. The highest BCUT2D eigenvalue weighted by Gasteiger charge is 2.03.